The lowest BCUT2D eigenvalue weighted by Gasteiger charge is -2.28. The second-order valence-electron chi connectivity index (χ2n) is 4.99. The van der Waals surface area contributed by atoms with Crippen LogP contribution >= 0.6 is 21.6 Å². The summed E-state index contributed by atoms with van der Waals surface area (Å²) in [4.78, 5) is 12.7. The van der Waals surface area contributed by atoms with Crippen LogP contribution in [-0.2, 0) is 4.79 Å². The molecule has 17 heavy (non-hydrogen) atoms. The Bertz CT molecular complexity index is 241. The van der Waals surface area contributed by atoms with Gasteiger partial charge in [0.25, 0.3) is 0 Å². The molecule has 0 aromatic rings. The highest BCUT2D eigenvalue weighted by molar-refractivity contribution is 8.77. The maximum atomic E-state index is 10.5. The molecule has 1 atom stereocenters. The van der Waals surface area contributed by atoms with Crippen molar-refractivity contribution in [2.24, 2.45) is 0 Å². The zero-order valence-corrected chi connectivity index (χ0v) is 12.4. The van der Waals surface area contributed by atoms with E-state index in [0.717, 1.165) is 19.4 Å². The topological polar surface area (TPSA) is 40.5 Å². The first-order valence-electron chi connectivity index (χ1n) is 6.21. The molecular weight excluding hydrogens is 254 g/mol. The van der Waals surface area contributed by atoms with Gasteiger partial charge in [-0.2, -0.15) is 0 Å². The minimum atomic E-state index is -0.666. The molecule has 1 N–H and O–H groups in total. The third kappa shape index (κ3) is 6.02. The number of nitrogens with zero attached hydrogens (tertiary/aromatic N) is 1. The highest BCUT2D eigenvalue weighted by Gasteiger charge is 2.34. The van der Waals surface area contributed by atoms with Gasteiger partial charge in [0, 0.05) is 16.9 Å². The molecule has 1 aliphatic heterocycles. The molecule has 0 unspecified atom stereocenters. The molecule has 0 saturated carbocycles. The van der Waals surface area contributed by atoms with Gasteiger partial charge in [0.2, 0.25) is 0 Å². The summed E-state index contributed by atoms with van der Waals surface area (Å²) in [7, 11) is 8.24. The minimum absolute atomic E-state index is 0.321. The lowest BCUT2D eigenvalue weighted by Crippen LogP contribution is -2.27. The van der Waals surface area contributed by atoms with E-state index in [4.69, 9.17) is 5.11 Å². The van der Waals surface area contributed by atoms with Crippen LogP contribution < -0.4 is 0 Å². The third-order valence-electron chi connectivity index (χ3n) is 3.16. The quantitative estimate of drug-likeness (QED) is 0.545. The highest BCUT2D eigenvalue weighted by atomic mass is 33.1. The number of unbranched alkanes of at least 4 members (excludes halogenated alkanes) is 1. The predicted molar refractivity (Wildman–Crippen MR) is 76.7 cm³/mol. The smallest absolute Gasteiger partial charge is 0.303 e. The zero-order valence-electron chi connectivity index (χ0n) is 10.8. The summed E-state index contributed by atoms with van der Waals surface area (Å²) >= 11 is 0. The second kappa shape index (κ2) is 7.54. The van der Waals surface area contributed by atoms with E-state index < -0.39 is 5.97 Å². The largest absolute Gasteiger partial charge is 0.481 e. The molecule has 1 saturated heterocycles. The van der Waals surface area contributed by atoms with Gasteiger partial charge in [0.05, 0.1) is 0 Å². The molecule has 0 spiro atoms. The van der Waals surface area contributed by atoms with Crippen molar-refractivity contribution in [2.75, 3.05) is 26.4 Å². The van der Waals surface area contributed by atoms with Gasteiger partial charge in [0.15, 0.2) is 0 Å². The van der Waals surface area contributed by atoms with Crippen molar-refractivity contribution < 1.29 is 9.90 Å². The summed E-state index contributed by atoms with van der Waals surface area (Å²) < 4.78 is 0.410. The predicted octanol–water partition coefficient (Wildman–Crippen LogP) is 3.11. The van der Waals surface area contributed by atoms with Crippen LogP contribution in [0.5, 0.6) is 0 Å². The molecule has 0 bridgehead atoms. The van der Waals surface area contributed by atoms with Crippen molar-refractivity contribution in [1.82, 2.24) is 4.90 Å². The van der Waals surface area contributed by atoms with Crippen molar-refractivity contribution in [3.63, 3.8) is 0 Å². The highest BCUT2D eigenvalue weighted by Crippen LogP contribution is 2.51. The van der Waals surface area contributed by atoms with Gasteiger partial charge in [-0.15, -0.1) is 0 Å². The molecule has 100 valence electrons. The SMILES string of the molecule is CN(C)CC[C@]1(CCCCC(=O)O)CCSS1. The van der Waals surface area contributed by atoms with Crippen LogP contribution in [0, 0.1) is 0 Å². The monoisotopic (exact) mass is 277 g/mol. The second-order valence-corrected chi connectivity index (χ2v) is 7.88. The Hall–Kier alpha value is 0.130. The van der Waals surface area contributed by atoms with Gasteiger partial charge >= 0.3 is 5.97 Å². The average Bonchev–Trinajstić information content (AvgIpc) is 2.71. The van der Waals surface area contributed by atoms with Crippen LogP contribution in [0.2, 0.25) is 0 Å². The Balaban J connectivity index is 2.29. The molecule has 1 rings (SSSR count). The minimum Gasteiger partial charge on any atom is -0.481 e. The van der Waals surface area contributed by atoms with Crippen molar-refractivity contribution in [1.29, 1.82) is 0 Å². The van der Waals surface area contributed by atoms with Crippen LogP contribution in [0.15, 0.2) is 0 Å². The average molecular weight is 277 g/mol. The normalized spacial score (nSPS) is 24.4. The summed E-state index contributed by atoms with van der Waals surface area (Å²) in [6.45, 7) is 1.13. The van der Waals surface area contributed by atoms with E-state index in [1.165, 1.54) is 25.0 Å². The van der Waals surface area contributed by atoms with E-state index in [0.29, 0.717) is 11.2 Å². The molecule has 0 amide bonds. The number of carboxylic acids is 1. The van der Waals surface area contributed by atoms with E-state index in [2.05, 4.69) is 19.0 Å². The Morgan fingerprint density at radius 1 is 1.35 bits per heavy atom. The van der Waals surface area contributed by atoms with Crippen LogP contribution in [0.3, 0.4) is 0 Å². The van der Waals surface area contributed by atoms with E-state index in [9.17, 15) is 4.79 Å². The van der Waals surface area contributed by atoms with Gasteiger partial charge < -0.3 is 10.0 Å². The first-order valence-corrected chi connectivity index (χ1v) is 8.53. The molecule has 3 nitrogen and oxygen atoms in total. The Morgan fingerprint density at radius 2 is 2.12 bits per heavy atom. The van der Waals surface area contributed by atoms with Crippen LogP contribution in [0.1, 0.15) is 38.5 Å². The molecular formula is C12H23NO2S2. The Kier molecular flexibility index (Phi) is 6.74. The number of hydrogen-bond donors (Lipinski definition) is 1. The number of carboxylic acid groups (broad SMARTS) is 1. The molecule has 1 fully saturated rings. The summed E-state index contributed by atoms with van der Waals surface area (Å²) in [5.41, 5.74) is 0. The zero-order chi connectivity index (χ0) is 12.7. The van der Waals surface area contributed by atoms with E-state index in [1.807, 2.05) is 21.6 Å². The van der Waals surface area contributed by atoms with E-state index >= 15 is 0 Å². The lowest BCUT2D eigenvalue weighted by molar-refractivity contribution is -0.137. The van der Waals surface area contributed by atoms with Crippen molar-refractivity contribution in [3.05, 3.63) is 0 Å². The van der Waals surface area contributed by atoms with Gasteiger partial charge in [-0.1, -0.05) is 28.0 Å². The van der Waals surface area contributed by atoms with Gasteiger partial charge in [0.1, 0.15) is 0 Å². The van der Waals surface area contributed by atoms with Crippen LogP contribution in [0.4, 0.5) is 0 Å². The summed E-state index contributed by atoms with van der Waals surface area (Å²) in [5.74, 6) is 0.581. The standard InChI is InChI=1S/C12H23NO2S2/c1-13(2)9-7-12(8-10-16-17-12)6-4-3-5-11(14)15/h3-10H2,1-2H3,(H,14,15)/t12-/m1/s1. The maximum Gasteiger partial charge on any atom is 0.303 e. The fourth-order valence-electron chi connectivity index (χ4n) is 2.05. The van der Waals surface area contributed by atoms with Crippen molar-refractivity contribution in [2.45, 2.75) is 43.3 Å². The summed E-state index contributed by atoms with van der Waals surface area (Å²) in [6.07, 6.45) is 5.87. The first-order chi connectivity index (χ1) is 8.04. The molecule has 1 heterocycles. The first kappa shape index (κ1) is 15.2. The Labute approximate surface area is 112 Å². The molecule has 0 aliphatic carbocycles. The van der Waals surface area contributed by atoms with E-state index in [-0.39, 0.29) is 0 Å². The third-order valence-corrected chi connectivity index (χ3v) is 6.53. The lowest BCUT2D eigenvalue weighted by atomic mass is 9.93. The molecule has 0 aromatic heterocycles. The van der Waals surface area contributed by atoms with Crippen LogP contribution in [0.25, 0.3) is 0 Å². The molecule has 0 aromatic carbocycles. The number of aliphatic carboxylic acids is 1. The summed E-state index contributed by atoms with van der Waals surface area (Å²) in [6, 6.07) is 0. The maximum absolute atomic E-state index is 10.5. The number of carbonyl (C=O) groups is 1. The number of rotatable bonds is 8. The van der Waals surface area contributed by atoms with Gasteiger partial charge in [-0.05, 0) is 46.3 Å². The van der Waals surface area contributed by atoms with Crippen LogP contribution in [-0.4, -0.2) is 47.1 Å². The number of hydrogen-bond acceptors (Lipinski definition) is 4. The Morgan fingerprint density at radius 3 is 2.65 bits per heavy atom. The fourth-order valence-corrected chi connectivity index (χ4v) is 5.57. The van der Waals surface area contributed by atoms with Gasteiger partial charge in [-0.3, -0.25) is 4.79 Å². The summed E-state index contributed by atoms with van der Waals surface area (Å²) in [5, 5.41) is 8.63. The van der Waals surface area contributed by atoms with Gasteiger partial charge in [-0.25, -0.2) is 0 Å². The van der Waals surface area contributed by atoms with Crippen molar-refractivity contribution >= 4 is 27.6 Å². The molecule has 5 heteroatoms. The molecule has 1 aliphatic rings. The fraction of sp³-hybridized carbons (Fsp3) is 0.917. The van der Waals surface area contributed by atoms with Crippen molar-refractivity contribution in [3.8, 4) is 0 Å². The molecule has 0 radical (unpaired) electrons. The van der Waals surface area contributed by atoms with E-state index in [1.54, 1.807) is 0 Å².